The van der Waals surface area contributed by atoms with Gasteiger partial charge in [0.1, 0.15) is 5.91 Å². The number of ether oxygens (including phenoxy) is 1. The van der Waals surface area contributed by atoms with Crippen LogP contribution in [-0.4, -0.2) is 44.0 Å². The van der Waals surface area contributed by atoms with Crippen LogP contribution in [0.15, 0.2) is 17.5 Å². The first-order chi connectivity index (χ1) is 11.5. The maximum Gasteiger partial charge on any atom is 0.248 e. The molecule has 0 spiro atoms. The fraction of sp³-hybridized carbons (Fsp3) is 0.562. The van der Waals surface area contributed by atoms with Gasteiger partial charge in [0.25, 0.3) is 0 Å². The van der Waals surface area contributed by atoms with Crippen LogP contribution in [-0.2, 0) is 40.2 Å². The maximum absolute atomic E-state index is 13.3. The Morgan fingerprint density at radius 2 is 2.00 bits per heavy atom. The predicted molar refractivity (Wildman–Crippen MR) is 87.1 cm³/mol. The number of imide groups is 1. The van der Waals surface area contributed by atoms with E-state index < -0.39 is 29.8 Å². The van der Waals surface area contributed by atoms with Crippen LogP contribution in [0.5, 0.6) is 0 Å². The van der Waals surface area contributed by atoms with E-state index in [-0.39, 0.29) is 51.8 Å². The van der Waals surface area contributed by atoms with Gasteiger partial charge in [0.2, 0.25) is 11.8 Å². The van der Waals surface area contributed by atoms with Crippen molar-refractivity contribution in [1.82, 2.24) is 10.6 Å². The van der Waals surface area contributed by atoms with Gasteiger partial charge in [-0.15, -0.1) is 11.6 Å². The van der Waals surface area contributed by atoms with Crippen LogP contribution >= 0.6 is 0 Å². The van der Waals surface area contributed by atoms with Crippen molar-refractivity contribution in [2.75, 3.05) is 14.2 Å². The van der Waals surface area contributed by atoms with Crippen molar-refractivity contribution in [3.8, 4) is 0 Å². The summed E-state index contributed by atoms with van der Waals surface area (Å²) in [6, 6.07) is -0.797. The van der Waals surface area contributed by atoms with Crippen LogP contribution in [0.25, 0.3) is 0 Å². The van der Waals surface area contributed by atoms with Gasteiger partial charge < -0.3 is 20.6 Å². The van der Waals surface area contributed by atoms with Crippen molar-refractivity contribution >= 4 is 17.7 Å². The molecule has 0 aromatic rings. The molecule has 0 saturated carbocycles. The molecule has 1 fully saturated rings. The fourth-order valence-electron chi connectivity index (χ4n) is 2.01. The Balaban J connectivity index is 0. The summed E-state index contributed by atoms with van der Waals surface area (Å²) in [5.74, 6) is -2.11. The van der Waals surface area contributed by atoms with Crippen LogP contribution in [0.3, 0.4) is 0 Å². The number of nitrogens with one attached hydrogen (secondary N) is 2. The maximum atomic E-state index is 13.3. The molecular formula is C16H25FN3O4W-. The zero-order valence-corrected chi connectivity index (χ0v) is 17.8. The zero-order chi connectivity index (χ0) is 18.7. The molecule has 2 atom stereocenters. The largest absolute Gasteiger partial charge is 0.394 e. The van der Waals surface area contributed by atoms with Gasteiger partial charge in [-0.05, 0) is 13.5 Å². The Bertz CT molecular complexity index is 524. The molecule has 2 aliphatic rings. The second-order valence-corrected chi connectivity index (χ2v) is 4.57. The normalized spacial score (nSPS) is 21.7. The first-order valence-electron chi connectivity index (χ1n) is 7.75. The number of nitrogens with two attached hydrogens (primary N) is 1. The summed E-state index contributed by atoms with van der Waals surface area (Å²) in [5.41, 5.74) is 4.49. The zero-order valence-electron chi connectivity index (χ0n) is 14.8. The Hall–Kier alpha value is -1.37. The number of rotatable bonds is 3. The molecule has 1 heterocycles. The summed E-state index contributed by atoms with van der Waals surface area (Å²) in [5, 5.41) is 4.58. The van der Waals surface area contributed by atoms with E-state index in [0.29, 0.717) is 0 Å². The fourth-order valence-corrected chi connectivity index (χ4v) is 2.01. The Morgan fingerprint density at radius 1 is 1.40 bits per heavy atom. The third kappa shape index (κ3) is 8.51. The number of carbonyl (C=O) groups is 3. The number of methoxy groups -OCH3 is 1. The van der Waals surface area contributed by atoms with Crippen molar-refractivity contribution in [2.45, 2.75) is 45.3 Å². The van der Waals surface area contributed by atoms with Crippen molar-refractivity contribution in [3.05, 3.63) is 23.6 Å². The number of halogens is 1. The molecule has 2 rings (SSSR count). The van der Waals surface area contributed by atoms with Crippen molar-refractivity contribution in [3.63, 3.8) is 0 Å². The average Bonchev–Trinajstić information content (AvgIpc) is 2.60. The molecule has 7 nitrogen and oxygen atoms in total. The van der Waals surface area contributed by atoms with Crippen molar-refractivity contribution in [1.29, 1.82) is 0 Å². The van der Waals surface area contributed by atoms with E-state index in [0.717, 1.165) is 0 Å². The summed E-state index contributed by atoms with van der Waals surface area (Å²) in [7, 11) is 2.91. The summed E-state index contributed by atoms with van der Waals surface area (Å²) in [4.78, 5) is 34.5. The van der Waals surface area contributed by atoms with Crippen LogP contribution in [0.2, 0.25) is 0 Å². The van der Waals surface area contributed by atoms with Gasteiger partial charge in [0.05, 0.1) is 6.04 Å². The summed E-state index contributed by atoms with van der Waals surface area (Å²) in [6.45, 7) is 4.00. The van der Waals surface area contributed by atoms with Crippen LogP contribution < -0.4 is 16.4 Å². The van der Waals surface area contributed by atoms with E-state index in [1.165, 1.54) is 20.2 Å². The molecule has 142 valence electrons. The molecule has 0 aromatic carbocycles. The van der Waals surface area contributed by atoms with E-state index in [9.17, 15) is 18.8 Å². The van der Waals surface area contributed by atoms with Gasteiger partial charge in [-0.25, -0.2) is 4.39 Å². The predicted octanol–water partition coefficient (Wildman–Crippen LogP) is 0.508. The molecule has 4 N–H and O–H groups in total. The van der Waals surface area contributed by atoms with Crippen LogP contribution in [0.1, 0.15) is 33.1 Å². The van der Waals surface area contributed by atoms with Gasteiger partial charge in [-0.2, -0.15) is 6.08 Å². The smallest absolute Gasteiger partial charge is 0.248 e. The van der Waals surface area contributed by atoms with Crippen molar-refractivity contribution in [2.24, 2.45) is 5.73 Å². The summed E-state index contributed by atoms with van der Waals surface area (Å²) < 4.78 is 18.3. The van der Waals surface area contributed by atoms with Gasteiger partial charge in [-0.3, -0.25) is 14.9 Å². The number of piperidine rings is 1. The van der Waals surface area contributed by atoms with E-state index in [2.05, 4.69) is 22.4 Å². The Morgan fingerprint density at radius 3 is 2.52 bits per heavy atom. The molecule has 9 heteroatoms. The van der Waals surface area contributed by atoms with Gasteiger partial charge in [0.15, 0.2) is 0 Å². The van der Waals surface area contributed by atoms with Gasteiger partial charge in [-0.1, -0.05) is 13.8 Å². The number of amides is 3. The van der Waals surface area contributed by atoms with E-state index in [4.69, 9.17) is 4.74 Å². The molecule has 1 aliphatic carbocycles. The van der Waals surface area contributed by atoms with Crippen molar-refractivity contribution < 1.29 is 44.6 Å². The minimum absolute atomic E-state index is 0. The average molecular weight is 526 g/mol. The minimum atomic E-state index is -0.797. The third-order valence-corrected chi connectivity index (χ3v) is 3.10. The molecule has 25 heavy (non-hydrogen) atoms. The quantitative estimate of drug-likeness (QED) is 0.367. The number of carbonyl (C=O) groups excluding carboxylic acids is 3. The van der Waals surface area contributed by atoms with E-state index in [1.807, 2.05) is 13.8 Å². The first-order valence-corrected chi connectivity index (χ1v) is 7.75. The topological polar surface area (TPSA) is 111 Å². The second-order valence-electron chi connectivity index (χ2n) is 4.57. The monoisotopic (exact) mass is 526 g/mol. The SMILES string of the molecule is CC.CN.COC1C=C(C(=O)NC2CCC(=O)NC2=O)[C-]=C(F)C1.[W]. The Labute approximate surface area is 161 Å². The third-order valence-electron chi connectivity index (χ3n) is 3.10. The second kappa shape index (κ2) is 13.9. The molecule has 2 unspecified atom stereocenters. The van der Waals surface area contributed by atoms with E-state index in [1.54, 1.807) is 0 Å². The molecule has 0 aromatic heterocycles. The summed E-state index contributed by atoms with van der Waals surface area (Å²) >= 11 is 0. The van der Waals surface area contributed by atoms with Gasteiger partial charge in [0, 0.05) is 52.9 Å². The van der Waals surface area contributed by atoms with Crippen LogP contribution in [0.4, 0.5) is 4.39 Å². The molecule has 3 amide bonds. The summed E-state index contributed by atoms with van der Waals surface area (Å²) in [6.07, 6.45) is 3.65. The van der Waals surface area contributed by atoms with E-state index >= 15 is 0 Å². The molecule has 1 saturated heterocycles. The first kappa shape index (κ1) is 25.9. The van der Waals surface area contributed by atoms with Gasteiger partial charge >= 0.3 is 0 Å². The molecular weight excluding hydrogens is 501 g/mol. The number of hydrogen-bond donors (Lipinski definition) is 3. The molecule has 0 radical (unpaired) electrons. The molecule has 1 aliphatic heterocycles. The minimum Gasteiger partial charge on any atom is -0.394 e. The molecule has 0 bridgehead atoms. The Kier molecular flexibility index (Phi) is 14.3. The van der Waals surface area contributed by atoms with Crippen LogP contribution in [0, 0.1) is 6.08 Å². The number of hydrogen-bond acceptors (Lipinski definition) is 5. The standard InChI is InChI=1S/C13H14FN2O4.C2H6.CH5N.W/c1-20-9-5-7(4-8(14)6-9)12(18)15-10-2-3-11(17)16-13(10)19;2*1-2;/h5,9-10H,2-3,6H2,1H3,(H,15,18)(H,16,17,19);1-2H3;2H2,1H3;/q-1;;;.